The molecule has 30 heavy (non-hydrogen) atoms. The molecule has 1 aliphatic rings. The van der Waals surface area contributed by atoms with Crippen molar-refractivity contribution in [2.75, 3.05) is 34.8 Å². The molecule has 0 unspecified atom stereocenters. The van der Waals surface area contributed by atoms with Crippen LogP contribution < -0.4 is 0 Å². The molecule has 3 aromatic rings. The van der Waals surface area contributed by atoms with Crippen LogP contribution in [0, 0.1) is 0 Å². The molecule has 1 N–H and O–H groups in total. The van der Waals surface area contributed by atoms with Crippen LogP contribution in [0.2, 0.25) is 0 Å². The number of aromatic nitrogens is 1. The highest BCUT2D eigenvalue weighted by atomic mass is 16.5. The standard InChI is InChI=1S/C23H23N3O4/c1-6-30-23(29)20-19-13-8-10-15(22(28)26(4)5)18-14(21(27)25(2)3)9-7-12(17(13)18)16(19)11-24-20/h7-11,24H,6H2,1-5H3. The summed E-state index contributed by atoms with van der Waals surface area (Å²) < 4.78 is 5.20. The van der Waals surface area contributed by atoms with Gasteiger partial charge in [0.15, 0.2) is 0 Å². The summed E-state index contributed by atoms with van der Waals surface area (Å²) in [5, 5.41) is 1.41. The fourth-order valence-electron chi connectivity index (χ4n) is 4.05. The highest BCUT2D eigenvalue weighted by Crippen LogP contribution is 2.50. The molecule has 0 atom stereocenters. The number of rotatable bonds is 4. The Balaban J connectivity index is 2.07. The molecule has 0 saturated heterocycles. The van der Waals surface area contributed by atoms with E-state index in [1.165, 1.54) is 9.80 Å². The molecule has 1 aromatic heterocycles. The van der Waals surface area contributed by atoms with E-state index in [1.807, 2.05) is 12.1 Å². The SMILES string of the molecule is CCOC(=O)c1[nH]cc2c1-c1ccc(C(=O)N(C)C)c3c(C(=O)N(C)C)ccc-2c13. The average molecular weight is 405 g/mol. The first-order valence-electron chi connectivity index (χ1n) is 9.70. The van der Waals surface area contributed by atoms with E-state index in [2.05, 4.69) is 4.98 Å². The number of fused-ring (bicyclic) bond motifs is 3. The van der Waals surface area contributed by atoms with Gasteiger partial charge in [-0.05, 0) is 35.6 Å². The second-order valence-corrected chi connectivity index (χ2v) is 7.64. The molecule has 7 nitrogen and oxygen atoms in total. The molecule has 0 saturated carbocycles. The van der Waals surface area contributed by atoms with Crippen molar-refractivity contribution in [2.24, 2.45) is 0 Å². The van der Waals surface area contributed by atoms with E-state index in [-0.39, 0.29) is 18.4 Å². The number of hydrogen-bond acceptors (Lipinski definition) is 4. The summed E-state index contributed by atoms with van der Waals surface area (Å²) in [5.74, 6) is -0.803. The molecule has 0 radical (unpaired) electrons. The first kappa shape index (κ1) is 19.7. The fourth-order valence-corrected chi connectivity index (χ4v) is 4.05. The summed E-state index contributed by atoms with van der Waals surface area (Å²) >= 11 is 0. The largest absolute Gasteiger partial charge is 0.461 e. The summed E-state index contributed by atoms with van der Waals surface area (Å²) in [7, 11) is 6.73. The number of benzene rings is 2. The molecule has 1 heterocycles. The van der Waals surface area contributed by atoms with Crippen LogP contribution in [-0.2, 0) is 4.74 Å². The third-order valence-electron chi connectivity index (χ3n) is 5.35. The van der Waals surface area contributed by atoms with Gasteiger partial charge in [0.25, 0.3) is 11.8 Å². The van der Waals surface area contributed by atoms with Crippen LogP contribution in [0.1, 0.15) is 38.1 Å². The van der Waals surface area contributed by atoms with Crippen molar-refractivity contribution < 1.29 is 19.1 Å². The number of nitrogens with zero attached hydrogens (tertiary/aromatic N) is 2. The lowest BCUT2D eigenvalue weighted by Gasteiger charge is -2.18. The van der Waals surface area contributed by atoms with Crippen LogP contribution in [0.5, 0.6) is 0 Å². The Morgan fingerprint density at radius 3 is 1.93 bits per heavy atom. The summed E-state index contributed by atoms with van der Waals surface area (Å²) in [5.41, 5.74) is 4.57. The Morgan fingerprint density at radius 1 is 0.833 bits per heavy atom. The topological polar surface area (TPSA) is 82.7 Å². The van der Waals surface area contributed by atoms with Crippen LogP contribution in [0.25, 0.3) is 33.0 Å². The number of H-pyrrole nitrogens is 1. The van der Waals surface area contributed by atoms with Gasteiger partial charge in [0.2, 0.25) is 0 Å². The minimum atomic E-state index is -0.433. The number of hydrogen-bond donors (Lipinski definition) is 1. The Labute approximate surface area is 174 Å². The van der Waals surface area contributed by atoms with Gasteiger partial charge in [-0.1, -0.05) is 12.1 Å². The second-order valence-electron chi connectivity index (χ2n) is 7.64. The number of nitrogens with one attached hydrogen (secondary N) is 1. The van der Waals surface area contributed by atoms with Gasteiger partial charge in [-0.25, -0.2) is 4.79 Å². The fraction of sp³-hybridized carbons (Fsp3) is 0.261. The van der Waals surface area contributed by atoms with E-state index in [0.717, 1.165) is 27.6 Å². The summed E-state index contributed by atoms with van der Waals surface area (Å²) in [6.45, 7) is 2.03. The molecule has 0 aliphatic heterocycles. The van der Waals surface area contributed by atoms with Gasteiger partial charge >= 0.3 is 5.97 Å². The zero-order chi connectivity index (χ0) is 21.7. The van der Waals surface area contributed by atoms with Crippen molar-refractivity contribution >= 4 is 28.6 Å². The number of carbonyl (C=O) groups is 3. The van der Waals surface area contributed by atoms with Crippen LogP contribution in [0.4, 0.5) is 0 Å². The number of aromatic amines is 1. The Morgan fingerprint density at radius 2 is 1.40 bits per heavy atom. The maximum atomic E-state index is 12.9. The molecule has 4 rings (SSSR count). The molecule has 1 aliphatic carbocycles. The van der Waals surface area contributed by atoms with Crippen molar-refractivity contribution in [2.45, 2.75) is 6.92 Å². The maximum absolute atomic E-state index is 12.9. The van der Waals surface area contributed by atoms with Crippen LogP contribution in [0.3, 0.4) is 0 Å². The predicted molar refractivity (Wildman–Crippen MR) is 115 cm³/mol. The van der Waals surface area contributed by atoms with Gasteiger partial charge in [0.1, 0.15) is 5.69 Å². The van der Waals surface area contributed by atoms with Gasteiger partial charge in [-0.2, -0.15) is 0 Å². The Bertz CT molecular complexity index is 1190. The molecule has 7 heteroatoms. The van der Waals surface area contributed by atoms with Crippen molar-refractivity contribution in [1.29, 1.82) is 0 Å². The summed E-state index contributed by atoms with van der Waals surface area (Å²) in [6.07, 6.45) is 1.78. The smallest absolute Gasteiger partial charge is 0.355 e. The highest BCUT2D eigenvalue weighted by Gasteiger charge is 2.32. The molecule has 0 bridgehead atoms. The lowest BCUT2D eigenvalue weighted by molar-refractivity contribution is 0.0521. The van der Waals surface area contributed by atoms with E-state index in [9.17, 15) is 14.4 Å². The quantitative estimate of drug-likeness (QED) is 0.528. The minimum Gasteiger partial charge on any atom is -0.461 e. The number of ether oxygens (including phenoxy) is 1. The monoisotopic (exact) mass is 405 g/mol. The predicted octanol–water partition coefficient (Wildman–Crippen LogP) is 3.40. The van der Waals surface area contributed by atoms with Crippen molar-refractivity contribution in [3.05, 3.63) is 47.3 Å². The lowest BCUT2D eigenvalue weighted by Crippen LogP contribution is -2.25. The normalized spacial score (nSPS) is 11.4. The zero-order valence-electron chi connectivity index (χ0n) is 17.6. The Kier molecular flexibility index (Phi) is 4.61. The van der Waals surface area contributed by atoms with E-state index in [0.29, 0.717) is 22.2 Å². The third kappa shape index (κ3) is 2.69. The van der Waals surface area contributed by atoms with E-state index < -0.39 is 5.97 Å². The lowest BCUT2D eigenvalue weighted by atomic mass is 9.93. The summed E-state index contributed by atoms with van der Waals surface area (Å²) in [6, 6.07) is 7.20. The highest BCUT2D eigenvalue weighted by molar-refractivity contribution is 6.26. The van der Waals surface area contributed by atoms with E-state index >= 15 is 0 Å². The van der Waals surface area contributed by atoms with Gasteiger partial charge in [-0.3, -0.25) is 9.59 Å². The van der Waals surface area contributed by atoms with Gasteiger partial charge in [0.05, 0.1) is 6.61 Å². The molecule has 0 spiro atoms. The second kappa shape index (κ2) is 7.02. The van der Waals surface area contributed by atoms with Crippen LogP contribution in [0.15, 0.2) is 30.5 Å². The molecule has 2 aromatic carbocycles. The van der Waals surface area contributed by atoms with Crippen LogP contribution >= 0.6 is 0 Å². The van der Waals surface area contributed by atoms with Gasteiger partial charge in [0, 0.05) is 62.0 Å². The first-order valence-corrected chi connectivity index (χ1v) is 9.70. The average Bonchev–Trinajstić information content (AvgIpc) is 3.27. The Hall–Kier alpha value is -3.61. The molecule has 154 valence electrons. The van der Waals surface area contributed by atoms with Crippen LogP contribution in [-0.4, -0.2) is 67.4 Å². The van der Waals surface area contributed by atoms with E-state index in [1.54, 1.807) is 53.4 Å². The number of carbonyl (C=O) groups excluding carboxylic acids is 3. The first-order chi connectivity index (χ1) is 14.3. The van der Waals surface area contributed by atoms with Gasteiger partial charge < -0.3 is 19.5 Å². The third-order valence-corrected chi connectivity index (χ3v) is 5.35. The van der Waals surface area contributed by atoms with Crippen molar-refractivity contribution in [3.8, 4) is 22.3 Å². The number of esters is 1. The molecular formula is C23H23N3O4. The maximum Gasteiger partial charge on any atom is 0.355 e. The summed E-state index contributed by atoms with van der Waals surface area (Å²) in [4.78, 5) is 44.4. The minimum absolute atomic E-state index is 0.185. The van der Waals surface area contributed by atoms with Crippen molar-refractivity contribution in [3.63, 3.8) is 0 Å². The van der Waals surface area contributed by atoms with E-state index in [4.69, 9.17) is 4.74 Å². The molecule has 2 amide bonds. The molecule has 0 fully saturated rings. The zero-order valence-corrected chi connectivity index (χ0v) is 17.6. The van der Waals surface area contributed by atoms with Gasteiger partial charge in [-0.15, -0.1) is 0 Å². The molecular weight excluding hydrogens is 382 g/mol. The van der Waals surface area contributed by atoms with Crippen molar-refractivity contribution in [1.82, 2.24) is 14.8 Å². The number of amides is 2.